The molecular formula is C39H36N6O7. The van der Waals surface area contributed by atoms with Gasteiger partial charge < -0.3 is 34.7 Å². The van der Waals surface area contributed by atoms with Crippen LogP contribution in [0.2, 0.25) is 0 Å². The number of nitrogens with one attached hydrogen (secondary N) is 2. The highest BCUT2D eigenvalue weighted by Crippen LogP contribution is 2.25. The fourth-order valence-electron chi connectivity index (χ4n) is 5.31. The lowest BCUT2D eigenvalue weighted by Crippen LogP contribution is -2.30. The normalized spacial score (nSPS) is 11.3. The molecule has 5 aromatic rings. The number of nitriles is 2. The average molecular weight is 701 g/mol. The van der Waals surface area contributed by atoms with Crippen molar-refractivity contribution in [2.75, 3.05) is 11.9 Å². The number of amides is 2. The summed E-state index contributed by atoms with van der Waals surface area (Å²) in [5.74, 6) is -2.33. The first-order valence-electron chi connectivity index (χ1n) is 16.1. The topological polar surface area (TPSA) is 199 Å². The van der Waals surface area contributed by atoms with Crippen molar-refractivity contribution in [3.63, 3.8) is 0 Å². The van der Waals surface area contributed by atoms with Crippen molar-refractivity contribution >= 4 is 63.4 Å². The molecular weight excluding hydrogens is 664 g/mol. The number of ether oxygens (including phenoxy) is 1. The Balaban J connectivity index is 0.000000239. The summed E-state index contributed by atoms with van der Waals surface area (Å²) < 4.78 is 8.57. The number of rotatable bonds is 12. The van der Waals surface area contributed by atoms with Crippen LogP contribution in [0.15, 0.2) is 96.3 Å². The van der Waals surface area contributed by atoms with Crippen LogP contribution in [0.4, 0.5) is 5.69 Å². The second-order valence-corrected chi connectivity index (χ2v) is 11.6. The fourth-order valence-corrected chi connectivity index (χ4v) is 5.31. The zero-order chi connectivity index (χ0) is 37.8. The van der Waals surface area contributed by atoms with E-state index in [1.165, 1.54) is 12.2 Å². The van der Waals surface area contributed by atoms with Crippen molar-refractivity contribution in [1.82, 2.24) is 14.5 Å². The average Bonchev–Trinajstić information content (AvgIpc) is 3.62. The number of hydrogen-bond acceptors (Lipinski definition) is 7. The minimum absolute atomic E-state index is 0.0167. The van der Waals surface area contributed by atoms with Gasteiger partial charge in [0.1, 0.15) is 42.1 Å². The SMILES string of the molecule is CC(C)NC(=O)C(C#N)=Cc1cn(CC(=O)O)c2ccccc12.CCOc1cccc(NC(=O)C(C#N)=Cc2cn(CC(=O)O)c3ccccc23)c1. The first-order valence-corrected chi connectivity index (χ1v) is 16.1. The van der Waals surface area contributed by atoms with Gasteiger partial charge in [0.15, 0.2) is 0 Å². The van der Waals surface area contributed by atoms with E-state index in [9.17, 15) is 29.7 Å². The standard InChI is InChI=1S/C22H19N3O4.C17H17N3O3/c1-2-29-18-7-5-6-17(11-18)24-22(28)15(12-23)10-16-13-25(14-21(26)27)20-9-4-3-8-19(16)20;1-11(2)19-17(23)12(8-18)7-13-9-20(10-16(21)22)15-6-4-3-5-14(13)15/h3-11,13H,2,14H2,1H3,(H,24,28)(H,26,27);3-7,9,11H,10H2,1-2H3,(H,19,23)(H,21,22). The molecule has 2 heterocycles. The van der Waals surface area contributed by atoms with Crippen LogP contribution in [-0.4, -0.2) is 55.7 Å². The van der Waals surface area contributed by atoms with E-state index in [1.54, 1.807) is 64.0 Å². The van der Waals surface area contributed by atoms with Crippen molar-refractivity contribution in [2.45, 2.75) is 39.9 Å². The Morgan fingerprint density at radius 1 is 0.769 bits per heavy atom. The molecule has 2 amide bonds. The van der Waals surface area contributed by atoms with Crippen molar-refractivity contribution in [1.29, 1.82) is 10.5 Å². The van der Waals surface area contributed by atoms with Gasteiger partial charge in [-0.25, -0.2) is 0 Å². The predicted octanol–water partition coefficient (Wildman–Crippen LogP) is 5.83. The van der Waals surface area contributed by atoms with Crippen LogP contribution in [0.1, 0.15) is 31.9 Å². The monoisotopic (exact) mass is 700 g/mol. The van der Waals surface area contributed by atoms with E-state index in [0.29, 0.717) is 34.7 Å². The number of anilines is 1. The van der Waals surface area contributed by atoms with Crippen LogP contribution < -0.4 is 15.4 Å². The molecule has 0 aliphatic heterocycles. The Hall–Kier alpha value is -7.12. The van der Waals surface area contributed by atoms with E-state index >= 15 is 0 Å². The van der Waals surface area contributed by atoms with Gasteiger partial charge in [0.05, 0.1) is 6.61 Å². The van der Waals surface area contributed by atoms with Crippen LogP contribution in [-0.2, 0) is 32.3 Å². The molecule has 0 unspecified atom stereocenters. The summed E-state index contributed by atoms with van der Waals surface area (Å²) in [6.45, 7) is 5.59. The van der Waals surface area contributed by atoms with Crippen LogP contribution in [0.25, 0.3) is 34.0 Å². The number of carbonyl (C=O) groups excluding carboxylic acids is 2. The van der Waals surface area contributed by atoms with E-state index in [4.69, 9.17) is 14.9 Å². The molecule has 3 aromatic carbocycles. The van der Waals surface area contributed by atoms with Crippen molar-refractivity contribution in [2.24, 2.45) is 0 Å². The number of carbonyl (C=O) groups is 4. The molecule has 13 nitrogen and oxygen atoms in total. The van der Waals surface area contributed by atoms with Gasteiger partial charge in [0, 0.05) is 63.1 Å². The molecule has 2 aromatic heterocycles. The Morgan fingerprint density at radius 2 is 1.27 bits per heavy atom. The number of hydrogen-bond donors (Lipinski definition) is 4. The van der Waals surface area contributed by atoms with Gasteiger partial charge in [0.2, 0.25) is 0 Å². The molecule has 4 N–H and O–H groups in total. The van der Waals surface area contributed by atoms with Gasteiger partial charge in [-0.15, -0.1) is 0 Å². The molecule has 0 saturated carbocycles. The van der Waals surface area contributed by atoms with Crippen LogP contribution in [0.3, 0.4) is 0 Å². The summed E-state index contributed by atoms with van der Waals surface area (Å²) in [5.41, 5.74) is 3.08. The van der Waals surface area contributed by atoms with E-state index < -0.39 is 23.8 Å². The molecule has 0 saturated heterocycles. The third-order valence-corrected chi connectivity index (χ3v) is 7.40. The van der Waals surface area contributed by atoms with Crippen LogP contribution >= 0.6 is 0 Å². The summed E-state index contributed by atoms with van der Waals surface area (Å²) in [6.07, 6.45) is 6.21. The molecule has 0 atom stereocenters. The third kappa shape index (κ3) is 9.74. The van der Waals surface area contributed by atoms with E-state index in [2.05, 4.69) is 10.6 Å². The van der Waals surface area contributed by atoms with E-state index in [1.807, 2.05) is 63.2 Å². The molecule has 13 heteroatoms. The lowest BCUT2D eigenvalue weighted by atomic mass is 10.1. The molecule has 0 fully saturated rings. The van der Waals surface area contributed by atoms with E-state index in [-0.39, 0.29) is 30.3 Å². The summed E-state index contributed by atoms with van der Waals surface area (Å²) in [5, 5.41) is 43.7. The van der Waals surface area contributed by atoms with Gasteiger partial charge in [-0.2, -0.15) is 10.5 Å². The highest BCUT2D eigenvalue weighted by atomic mass is 16.5. The summed E-state index contributed by atoms with van der Waals surface area (Å²) in [6, 6.07) is 25.1. The number of aliphatic carboxylic acids is 2. The molecule has 0 aliphatic carbocycles. The first kappa shape index (κ1) is 37.7. The summed E-state index contributed by atoms with van der Waals surface area (Å²) in [4.78, 5) is 46.7. The highest BCUT2D eigenvalue weighted by molar-refractivity contribution is 6.11. The van der Waals surface area contributed by atoms with Gasteiger partial charge in [-0.1, -0.05) is 42.5 Å². The highest BCUT2D eigenvalue weighted by Gasteiger charge is 2.15. The number of para-hydroxylation sites is 2. The fraction of sp³-hybridized carbons (Fsp3) is 0.179. The lowest BCUT2D eigenvalue weighted by molar-refractivity contribution is -0.138. The molecule has 0 aliphatic rings. The minimum atomic E-state index is -0.978. The van der Waals surface area contributed by atoms with Crippen molar-refractivity contribution in [3.8, 4) is 17.9 Å². The number of carboxylic acids is 2. The minimum Gasteiger partial charge on any atom is -0.494 e. The number of fused-ring (bicyclic) bond motifs is 2. The van der Waals surface area contributed by atoms with Gasteiger partial charge in [-0.05, 0) is 57.2 Å². The largest absolute Gasteiger partial charge is 0.494 e. The number of nitrogens with zero attached hydrogens (tertiary/aromatic N) is 4. The second-order valence-electron chi connectivity index (χ2n) is 11.6. The molecule has 0 radical (unpaired) electrons. The zero-order valence-electron chi connectivity index (χ0n) is 28.7. The molecule has 264 valence electrons. The summed E-state index contributed by atoms with van der Waals surface area (Å²) in [7, 11) is 0. The Kier molecular flexibility index (Phi) is 12.7. The molecule has 0 spiro atoms. The Bertz CT molecular complexity index is 2280. The van der Waals surface area contributed by atoms with Crippen LogP contribution in [0, 0.1) is 22.7 Å². The zero-order valence-corrected chi connectivity index (χ0v) is 28.7. The maximum absolute atomic E-state index is 12.6. The Labute approximate surface area is 299 Å². The van der Waals surface area contributed by atoms with Crippen molar-refractivity contribution < 1.29 is 34.1 Å². The Morgan fingerprint density at radius 3 is 1.73 bits per heavy atom. The van der Waals surface area contributed by atoms with Gasteiger partial charge >= 0.3 is 11.9 Å². The van der Waals surface area contributed by atoms with Crippen molar-refractivity contribution in [3.05, 3.63) is 107 Å². The number of carboxylic acid groups (broad SMARTS) is 2. The third-order valence-electron chi connectivity index (χ3n) is 7.40. The van der Waals surface area contributed by atoms with Gasteiger partial charge in [0.25, 0.3) is 11.8 Å². The van der Waals surface area contributed by atoms with Gasteiger partial charge in [-0.3, -0.25) is 19.2 Å². The second kappa shape index (κ2) is 17.5. The van der Waals surface area contributed by atoms with Crippen LogP contribution in [0.5, 0.6) is 5.75 Å². The maximum atomic E-state index is 12.6. The lowest BCUT2D eigenvalue weighted by Gasteiger charge is -2.07. The molecule has 5 rings (SSSR count). The molecule has 0 bridgehead atoms. The first-order chi connectivity index (χ1) is 24.9. The number of benzene rings is 3. The quantitative estimate of drug-likeness (QED) is 0.0913. The smallest absolute Gasteiger partial charge is 0.323 e. The number of aromatic nitrogens is 2. The molecule has 52 heavy (non-hydrogen) atoms. The summed E-state index contributed by atoms with van der Waals surface area (Å²) >= 11 is 0. The predicted molar refractivity (Wildman–Crippen MR) is 196 cm³/mol. The maximum Gasteiger partial charge on any atom is 0.323 e. The van der Waals surface area contributed by atoms with E-state index in [0.717, 1.165) is 16.3 Å².